The van der Waals surface area contributed by atoms with Gasteiger partial charge in [-0.3, -0.25) is 4.79 Å². The molecule has 114 valence electrons. The molecule has 0 aliphatic rings. The highest BCUT2D eigenvalue weighted by Crippen LogP contribution is 2.18. The lowest BCUT2D eigenvalue weighted by Gasteiger charge is -2.09. The molecule has 2 aromatic rings. The molecule has 2 N–H and O–H groups in total. The van der Waals surface area contributed by atoms with Crippen LogP contribution in [0.25, 0.3) is 5.57 Å². The van der Waals surface area contributed by atoms with Gasteiger partial charge in [-0.1, -0.05) is 24.3 Å². The van der Waals surface area contributed by atoms with E-state index in [1.165, 1.54) is 18.2 Å². The van der Waals surface area contributed by atoms with Gasteiger partial charge in [0.05, 0.1) is 6.61 Å². The van der Waals surface area contributed by atoms with Crippen LogP contribution < -0.4 is 5.32 Å². The molecule has 0 fully saturated rings. The fraction of sp³-hybridized carbons (Fsp3) is 0.167. The van der Waals surface area contributed by atoms with Crippen LogP contribution in [0.3, 0.4) is 0 Å². The highest BCUT2D eigenvalue weighted by atomic mass is 19.1. The summed E-state index contributed by atoms with van der Waals surface area (Å²) >= 11 is 0. The molecule has 0 aliphatic heterocycles. The van der Waals surface area contributed by atoms with E-state index in [4.69, 9.17) is 5.11 Å². The highest BCUT2D eigenvalue weighted by molar-refractivity contribution is 6.04. The van der Waals surface area contributed by atoms with Crippen molar-refractivity contribution in [2.75, 3.05) is 5.32 Å². The van der Waals surface area contributed by atoms with Gasteiger partial charge in [-0.05, 0) is 54.3 Å². The molecule has 2 aromatic carbocycles. The Kier molecular flexibility index (Phi) is 5.07. The molecule has 0 atom stereocenters. The summed E-state index contributed by atoms with van der Waals surface area (Å²) < 4.78 is 13.2. The second-order valence-corrected chi connectivity index (χ2v) is 5.13. The van der Waals surface area contributed by atoms with E-state index < -0.39 is 0 Å². The summed E-state index contributed by atoms with van der Waals surface area (Å²) in [6, 6.07) is 11.5. The van der Waals surface area contributed by atoms with Crippen LogP contribution in [0.4, 0.5) is 10.1 Å². The van der Waals surface area contributed by atoms with Crippen LogP contribution >= 0.6 is 0 Å². The number of aryl methyl sites for hydroxylation is 1. The van der Waals surface area contributed by atoms with Gasteiger partial charge in [-0.2, -0.15) is 0 Å². The molecule has 0 spiro atoms. The molecule has 3 nitrogen and oxygen atoms in total. The summed E-state index contributed by atoms with van der Waals surface area (Å²) in [4.78, 5) is 12.1. The average Bonchev–Trinajstić information content (AvgIpc) is 2.49. The molecule has 4 heteroatoms. The summed E-state index contributed by atoms with van der Waals surface area (Å²) in [6.45, 7) is 3.55. The number of nitrogens with one attached hydrogen (secondary N) is 1. The van der Waals surface area contributed by atoms with Gasteiger partial charge in [0.25, 0.3) is 0 Å². The van der Waals surface area contributed by atoms with Crippen LogP contribution in [0.15, 0.2) is 48.5 Å². The first kappa shape index (κ1) is 15.9. The van der Waals surface area contributed by atoms with Crippen molar-refractivity contribution < 1.29 is 14.3 Å². The van der Waals surface area contributed by atoms with Crippen molar-refractivity contribution >= 4 is 17.2 Å². The number of hydrogen-bond donors (Lipinski definition) is 2. The lowest BCUT2D eigenvalue weighted by molar-refractivity contribution is -0.111. The number of aliphatic hydroxyl groups excluding tert-OH is 1. The Bertz CT molecular complexity index is 723. The summed E-state index contributed by atoms with van der Waals surface area (Å²) in [5.41, 5.74) is 3.62. The lowest BCUT2D eigenvalue weighted by atomic mass is 10.1. The molecular formula is C18H18FNO2. The summed E-state index contributed by atoms with van der Waals surface area (Å²) in [7, 11) is 0. The van der Waals surface area contributed by atoms with Crippen molar-refractivity contribution in [1.29, 1.82) is 0 Å². The smallest absolute Gasteiger partial charge is 0.248 e. The third-order valence-electron chi connectivity index (χ3n) is 3.37. The van der Waals surface area contributed by atoms with E-state index in [9.17, 15) is 9.18 Å². The molecule has 0 bridgehead atoms. The number of amides is 1. The first-order valence-corrected chi connectivity index (χ1v) is 6.95. The van der Waals surface area contributed by atoms with E-state index >= 15 is 0 Å². The largest absolute Gasteiger partial charge is 0.392 e. The average molecular weight is 299 g/mol. The van der Waals surface area contributed by atoms with Crippen LogP contribution in [-0.4, -0.2) is 11.0 Å². The van der Waals surface area contributed by atoms with Crippen molar-refractivity contribution in [3.63, 3.8) is 0 Å². The molecule has 0 saturated heterocycles. The maximum absolute atomic E-state index is 13.2. The Morgan fingerprint density at radius 3 is 2.73 bits per heavy atom. The Morgan fingerprint density at radius 2 is 2.05 bits per heavy atom. The zero-order valence-corrected chi connectivity index (χ0v) is 12.6. The minimum atomic E-state index is -0.336. The van der Waals surface area contributed by atoms with Gasteiger partial charge >= 0.3 is 0 Å². The minimum absolute atomic E-state index is 0.0820. The maximum atomic E-state index is 13.2. The number of benzene rings is 2. The molecule has 0 aromatic heterocycles. The minimum Gasteiger partial charge on any atom is -0.392 e. The van der Waals surface area contributed by atoms with Gasteiger partial charge in [0.1, 0.15) is 5.82 Å². The Balaban J connectivity index is 2.17. The van der Waals surface area contributed by atoms with Crippen molar-refractivity contribution in [1.82, 2.24) is 0 Å². The fourth-order valence-electron chi connectivity index (χ4n) is 2.08. The second-order valence-electron chi connectivity index (χ2n) is 5.13. The van der Waals surface area contributed by atoms with Crippen molar-refractivity contribution in [3.8, 4) is 0 Å². The predicted molar refractivity (Wildman–Crippen MR) is 85.8 cm³/mol. The third-order valence-corrected chi connectivity index (χ3v) is 3.37. The molecule has 0 saturated carbocycles. The molecule has 2 rings (SSSR count). The summed E-state index contributed by atoms with van der Waals surface area (Å²) in [6.07, 6.45) is 1.43. The van der Waals surface area contributed by atoms with Gasteiger partial charge in [-0.25, -0.2) is 4.39 Å². The quantitative estimate of drug-likeness (QED) is 0.846. The van der Waals surface area contributed by atoms with Crippen LogP contribution in [0.5, 0.6) is 0 Å². The van der Waals surface area contributed by atoms with E-state index in [2.05, 4.69) is 5.32 Å². The lowest BCUT2D eigenvalue weighted by Crippen LogP contribution is -2.10. The van der Waals surface area contributed by atoms with Crippen LogP contribution in [-0.2, 0) is 11.4 Å². The third kappa shape index (κ3) is 4.02. The standard InChI is InChI=1S/C18H18FNO2/c1-12-6-7-14(11-21)9-17(12)20-18(22)8-13(2)15-4-3-5-16(19)10-15/h3-10,21H,11H2,1-2H3,(H,20,22)/b13-8-. The van der Waals surface area contributed by atoms with Crippen molar-refractivity contribution in [2.45, 2.75) is 20.5 Å². The number of halogens is 1. The van der Waals surface area contributed by atoms with Gasteiger partial charge < -0.3 is 10.4 Å². The van der Waals surface area contributed by atoms with E-state index in [-0.39, 0.29) is 18.3 Å². The van der Waals surface area contributed by atoms with Gasteiger partial charge in [-0.15, -0.1) is 0 Å². The Labute approximate surface area is 129 Å². The normalized spacial score (nSPS) is 11.4. The highest BCUT2D eigenvalue weighted by Gasteiger charge is 2.05. The number of anilines is 1. The van der Waals surface area contributed by atoms with E-state index in [1.807, 2.05) is 13.0 Å². The summed E-state index contributed by atoms with van der Waals surface area (Å²) in [5.74, 6) is -0.628. The van der Waals surface area contributed by atoms with E-state index in [1.54, 1.807) is 31.2 Å². The van der Waals surface area contributed by atoms with E-state index in [0.29, 0.717) is 16.8 Å². The fourth-order valence-corrected chi connectivity index (χ4v) is 2.08. The first-order chi connectivity index (χ1) is 10.5. The monoisotopic (exact) mass is 299 g/mol. The van der Waals surface area contributed by atoms with E-state index in [0.717, 1.165) is 11.1 Å². The Hall–Kier alpha value is -2.46. The second kappa shape index (κ2) is 7.00. The Morgan fingerprint density at radius 1 is 1.27 bits per heavy atom. The van der Waals surface area contributed by atoms with Crippen molar-refractivity contribution in [2.24, 2.45) is 0 Å². The molecule has 0 unspecified atom stereocenters. The number of hydrogen-bond acceptors (Lipinski definition) is 2. The number of carbonyl (C=O) groups excluding carboxylic acids is 1. The van der Waals surface area contributed by atoms with Gasteiger partial charge in [0, 0.05) is 11.8 Å². The maximum Gasteiger partial charge on any atom is 0.248 e. The molecule has 0 aliphatic carbocycles. The van der Waals surface area contributed by atoms with Crippen LogP contribution in [0, 0.1) is 12.7 Å². The molecule has 0 radical (unpaired) electrons. The predicted octanol–water partition coefficient (Wildman–Crippen LogP) is 3.67. The number of carbonyl (C=O) groups is 1. The molecule has 22 heavy (non-hydrogen) atoms. The zero-order valence-electron chi connectivity index (χ0n) is 12.6. The zero-order chi connectivity index (χ0) is 16.1. The van der Waals surface area contributed by atoms with Crippen LogP contribution in [0.1, 0.15) is 23.6 Å². The SMILES string of the molecule is C/C(=C/C(=O)Nc1cc(CO)ccc1C)c1cccc(F)c1. The number of rotatable bonds is 4. The molecule has 1 amide bonds. The topological polar surface area (TPSA) is 49.3 Å². The van der Waals surface area contributed by atoms with Gasteiger partial charge in [0.15, 0.2) is 0 Å². The van der Waals surface area contributed by atoms with Gasteiger partial charge in [0.2, 0.25) is 5.91 Å². The summed E-state index contributed by atoms with van der Waals surface area (Å²) in [5, 5.41) is 11.9. The number of allylic oxidation sites excluding steroid dienone is 1. The van der Waals surface area contributed by atoms with Crippen molar-refractivity contribution in [3.05, 3.63) is 71.0 Å². The molecular weight excluding hydrogens is 281 g/mol. The molecule has 0 heterocycles. The first-order valence-electron chi connectivity index (χ1n) is 6.95. The number of aliphatic hydroxyl groups is 1. The van der Waals surface area contributed by atoms with Crippen LogP contribution in [0.2, 0.25) is 0 Å².